The average molecular weight is 253 g/mol. The summed E-state index contributed by atoms with van der Waals surface area (Å²) in [5.41, 5.74) is 5.98. The molecule has 0 aliphatic heterocycles. The van der Waals surface area contributed by atoms with Crippen molar-refractivity contribution in [2.75, 3.05) is 0 Å². The van der Waals surface area contributed by atoms with Gasteiger partial charge in [-0.2, -0.15) is 0 Å². The van der Waals surface area contributed by atoms with E-state index >= 15 is 0 Å². The number of para-hydroxylation sites is 1. The van der Waals surface area contributed by atoms with Crippen LogP contribution in [0, 0.1) is 5.82 Å². The van der Waals surface area contributed by atoms with Gasteiger partial charge in [-0.15, -0.1) is 0 Å². The van der Waals surface area contributed by atoms with Crippen LogP contribution in [0.3, 0.4) is 0 Å². The molecule has 3 nitrogen and oxygen atoms in total. The zero-order valence-corrected chi connectivity index (χ0v) is 9.62. The molecule has 1 aromatic heterocycles. The lowest BCUT2D eigenvalue weighted by Gasteiger charge is -2.07. The molecule has 0 aliphatic carbocycles. The van der Waals surface area contributed by atoms with Gasteiger partial charge in [0.1, 0.15) is 0 Å². The first-order valence-corrected chi connectivity index (χ1v) is 5.36. The topological polar surface area (TPSA) is 48.1 Å². The Morgan fingerprint density at radius 1 is 1.24 bits per heavy atom. The van der Waals surface area contributed by atoms with E-state index in [0.717, 1.165) is 0 Å². The van der Waals surface area contributed by atoms with Crippen LogP contribution in [-0.2, 0) is 6.54 Å². The van der Waals surface area contributed by atoms with Gasteiger partial charge in [0.25, 0.3) is 0 Å². The molecule has 2 rings (SSSR count). The molecule has 1 aromatic carbocycles. The number of nitrogens with two attached hydrogens (primary N) is 1. The third-order valence-electron chi connectivity index (χ3n) is 2.14. The third kappa shape index (κ3) is 2.72. The average Bonchev–Trinajstić information content (AvgIpc) is 2.34. The minimum Gasteiger partial charge on any atom is -0.436 e. The van der Waals surface area contributed by atoms with E-state index < -0.39 is 5.82 Å². The van der Waals surface area contributed by atoms with Gasteiger partial charge in [0.05, 0.1) is 10.7 Å². The molecule has 0 spiro atoms. The van der Waals surface area contributed by atoms with Crippen molar-refractivity contribution in [3.8, 4) is 11.6 Å². The molecule has 0 aliphatic rings. The van der Waals surface area contributed by atoms with Gasteiger partial charge in [0, 0.05) is 12.6 Å². The van der Waals surface area contributed by atoms with E-state index in [0.29, 0.717) is 10.7 Å². The molecule has 0 bridgehead atoms. The van der Waals surface area contributed by atoms with Gasteiger partial charge in [-0.3, -0.25) is 0 Å². The third-order valence-corrected chi connectivity index (χ3v) is 2.48. The van der Waals surface area contributed by atoms with Crippen LogP contribution in [0.5, 0.6) is 11.6 Å². The largest absolute Gasteiger partial charge is 0.436 e. The van der Waals surface area contributed by atoms with Gasteiger partial charge in [-0.25, -0.2) is 9.37 Å². The smallest absolute Gasteiger partial charge is 0.219 e. The van der Waals surface area contributed by atoms with Crippen LogP contribution < -0.4 is 10.5 Å². The van der Waals surface area contributed by atoms with Gasteiger partial charge >= 0.3 is 0 Å². The molecule has 0 saturated carbocycles. The van der Waals surface area contributed by atoms with Gasteiger partial charge in [0.15, 0.2) is 11.6 Å². The fourth-order valence-corrected chi connectivity index (χ4v) is 1.49. The molecule has 2 N–H and O–H groups in total. The van der Waals surface area contributed by atoms with E-state index in [9.17, 15) is 4.39 Å². The summed E-state index contributed by atoms with van der Waals surface area (Å²) in [6, 6.07) is 9.28. The Morgan fingerprint density at radius 3 is 2.71 bits per heavy atom. The highest BCUT2D eigenvalue weighted by Crippen LogP contribution is 2.24. The lowest BCUT2D eigenvalue weighted by Crippen LogP contribution is -2.01. The number of pyridine rings is 1. The molecule has 0 unspecified atom stereocenters. The Bertz CT molecular complexity index is 534. The van der Waals surface area contributed by atoms with Crippen LogP contribution in [-0.4, -0.2) is 4.98 Å². The summed E-state index contributed by atoms with van der Waals surface area (Å²) >= 11 is 5.86. The standard InChI is InChI=1S/C12H10ClFN2O/c13-8-5-6-12(16-10(8)7-15)17-11-4-2-1-3-9(11)14/h1-6H,7,15H2. The SMILES string of the molecule is NCc1nc(Oc2ccccc2F)ccc1Cl. The molecule has 17 heavy (non-hydrogen) atoms. The van der Waals surface area contributed by atoms with E-state index in [-0.39, 0.29) is 18.2 Å². The van der Waals surface area contributed by atoms with Gasteiger partial charge in [-0.1, -0.05) is 23.7 Å². The highest BCUT2D eigenvalue weighted by molar-refractivity contribution is 6.31. The van der Waals surface area contributed by atoms with Crippen molar-refractivity contribution in [2.45, 2.75) is 6.54 Å². The molecule has 1 heterocycles. The van der Waals surface area contributed by atoms with Crippen molar-refractivity contribution >= 4 is 11.6 Å². The summed E-state index contributed by atoms with van der Waals surface area (Å²) < 4.78 is 18.6. The number of hydrogen-bond donors (Lipinski definition) is 1. The monoisotopic (exact) mass is 252 g/mol. The number of halogens is 2. The second-order valence-corrected chi connectivity index (χ2v) is 3.72. The van der Waals surface area contributed by atoms with Crippen molar-refractivity contribution in [3.63, 3.8) is 0 Å². The van der Waals surface area contributed by atoms with Gasteiger partial charge in [0.2, 0.25) is 5.88 Å². The molecule has 0 fully saturated rings. The van der Waals surface area contributed by atoms with Crippen molar-refractivity contribution in [3.05, 3.63) is 52.9 Å². The summed E-state index contributed by atoms with van der Waals surface area (Å²) in [7, 11) is 0. The van der Waals surface area contributed by atoms with Crippen LogP contribution in [0.4, 0.5) is 4.39 Å². The number of hydrogen-bond acceptors (Lipinski definition) is 3. The minimum absolute atomic E-state index is 0.116. The van der Waals surface area contributed by atoms with E-state index in [1.165, 1.54) is 12.1 Å². The Morgan fingerprint density at radius 2 is 2.00 bits per heavy atom. The fraction of sp³-hybridized carbons (Fsp3) is 0.0833. The van der Waals surface area contributed by atoms with Crippen LogP contribution in [0.15, 0.2) is 36.4 Å². The first-order chi connectivity index (χ1) is 8.20. The highest BCUT2D eigenvalue weighted by atomic mass is 35.5. The molecule has 0 amide bonds. The predicted octanol–water partition coefficient (Wildman–Crippen LogP) is 3.13. The van der Waals surface area contributed by atoms with Crippen molar-refractivity contribution in [2.24, 2.45) is 5.73 Å². The lowest BCUT2D eigenvalue weighted by molar-refractivity contribution is 0.426. The zero-order valence-electron chi connectivity index (χ0n) is 8.86. The summed E-state index contributed by atoms with van der Waals surface area (Å²) in [6.07, 6.45) is 0. The Balaban J connectivity index is 2.28. The second-order valence-electron chi connectivity index (χ2n) is 3.31. The van der Waals surface area contributed by atoms with E-state index in [1.54, 1.807) is 24.3 Å². The Kier molecular flexibility index (Phi) is 3.56. The van der Waals surface area contributed by atoms with Gasteiger partial charge in [-0.05, 0) is 18.2 Å². The second kappa shape index (κ2) is 5.12. The molecule has 0 saturated heterocycles. The maximum absolute atomic E-state index is 13.3. The zero-order chi connectivity index (χ0) is 12.3. The van der Waals surface area contributed by atoms with Gasteiger partial charge < -0.3 is 10.5 Å². The van der Waals surface area contributed by atoms with Crippen LogP contribution in [0.25, 0.3) is 0 Å². The maximum atomic E-state index is 13.3. The first kappa shape index (κ1) is 11.8. The lowest BCUT2D eigenvalue weighted by atomic mass is 10.3. The molecule has 88 valence electrons. The quantitative estimate of drug-likeness (QED) is 0.913. The van der Waals surface area contributed by atoms with Crippen molar-refractivity contribution in [1.82, 2.24) is 4.98 Å². The van der Waals surface area contributed by atoms with Crippen molar-refractivity contribution < 1.29 is 9.13 Å². The molecule has 2 aromatic rings. The number of rotatable bonds is 3. The Labute approximate surface area is 103 Å². The normalized spacial score (nSPS) is 10.3. The summed E-state index contributed by atoms with van der Waals surface area (Å²) in [5, 5.41) is 0.466. The summed E-state index contributed by atoms with van der Waals surface area (Å²) in [4.78, 5) is 4.08. The number of ether oxygens (including phenoxy) is 1. The van der Waals surface area contributed by atoms with Crippen molar-refractivity contribution in [1.29, 1.82) is 0 Å². The number of aromatic nitrogens is 1. The molecular formula is C12H10ClFN2O. The van der Waals surface area contributed by atoms with Crippen LogP contribution in [0.1, 0.15) is 5.69 Å². The summed E-state index contributed by atoms with van der Waals surface area (Å²) in [6.45, 7) is 0.202. The van der Waals surface area contributed by atoms with E-state index in [1.807, 2.05) is 0 Å². The Hall–Kier alpha value is -1.65. The van der Waals surface area contributed by atoms with Crippen LogP contribution >= 0.6 is 11.6 Å². The molecular weight excluding hydrogens is 243 g/mol. The number of nitrogens with zero attached hydrogens (tertiary/aromatic N) is 1. The first-order valence-electron chi connectivity index (χ1n) is 4.98. The van der Waals surface area contributed by atoms with Crippen LogP contribution in [0.2, 0.25) is 5.02 Å². The minimum atomic E-state index is -0.446. The molecule has 0 atom stereocenters. The predicted molar refractivity (Wildman–Crippen MR) is 63.6 cm³/mol. The van der Waals surface area contributed by atoms with E-state index in [4.69, 9.17) is 22.1 Å². The summed E-state index contributed by atoms with van der Waals surface area (Å²) in [5.74, 6) is -0.0659. The molecule has 0 radical (unpaired) electrons. The fourth-order valence-electron chi connectivity index (χ4n) is 1.30. The van der Waals surface area contributed by atoms with E-state index in [2.05, 4.69) is 4.98 Å². The molecule has 5 heteroatoms. The highest BCUT2D eigenvalue weighted by Gasteiger charge is 2.07. The maximum Gasteiger partial charge on any atom is 0.219 e. The number of benzene rings is 1.